The van der Waals surface area contributed by atoms with E-state index in [0.29, 0.717) is 6.42 Å². The number of nitrogens with two attached hydrogens (primary N) is 1. The first-order valence-corrected chi connectivity index (χ1v) is 4.52. The molecule has 0 aliphatic rings. The summed E-state index contributed by atoms with van der Waals surface area (Å²) in [6.07, 6.45) is 0.582. The summed E-state index contributed by atoms with van der Waals surface area (Å²) in [7, 11) is -2.20. The summed E-state index contributed by atoms with van der Waals surface area (Å²) in [4.78, 5) is 8.57. The first kappa shape index (κ1) is 10.0. The number of hydrogen-bond acceptors (Lipinski definition) is 2. The number of hydrogen-bond donors (Lipinski definition) is 2. The van der Waals surface area contributed by atoms with Crippen molar-refractivity contribution in [1.29, 1.82) is 0 Å². The molecular weight excluding hydrogens is 149 g/mol. The Balaban J connectivity index is 3.80. The smallest absolute Gasteiger partial charge is 0.285 e. The maximum Gasteiger partial charge on any atom is 0.524 e. The second-order valence-corrected chi connectivity index (χ2v) is 4.90. The Morgan fingerprint density at radius 3 is 2.10 bits per heavy atom. The van der Waals surface area contributed by atoms with E-state index in [9.17, 15) is 4.57 Å². The van der Waals surface area contributed by atoms with Crippen molar-refractivity contribution < 1.29 is 9.46 Å². The fourth-order valence-corrected chi connectivity index (χ4v) is 1.41. The van der Waals surface area contributed by atoms with Crippen LogP contribution in [-0.2, 0) is 4.57 Å². The predicted octanol–water partition coefficient (Wildman–Crippen LogP) is 1.44. The third kappa shape index (κ3) is 4.86. The molecule has 0 aliphatic heterocycles. The summed E-state index contributed by atoms with van der Waals surface area (Å²) < 4.78 is 10.4. The van der Waals surface area contributed by atoms with Crippen LogP contribution in [0, 0.1) is 5.41 Å². The van der Waals surface area contributed by atoms with E-state index < -0.39 is 13.8 Å². The molecule has 0 aromatic heterocycles. The van der Waals surface area contributed by atoms with Crippen LogP contribution >= 0.6 is 8.03 Å². The molecule has 0 bridgehead atoms. The standard InChI is InChI=1S/C6H14NO2P/c1-6(2,3)4-5(7)10(8)9/h5H,4,7H2,1-3H3/p+1. The van der Waals surface area contributed by atoms with E-state index in [2.05, 4.69) is 0 Å². The fourth-order valence-electron chi connectivity index (χ4n) is 0.706. The van der Waals surface area contributed by atoms with Crippen LogP contribution in [-0.4, -0.2) is 10.7 Å². The van der Waals surface area contributed by atoms with Gasteiger partial charge in [-0.1, -0.05) is 20.8 Å². The Labute approximate surface area is 62.5 Å². The van der Waals surface area contributed by atoms with Crippen molar-refractivity contribution in [3.8, 4) is 0 Å². The summed E-state index contributed by atoms with van der Waals surface area (Å²) in [5, 5.41) is 0. The molecule has 2 atom stereocenters. The summed E-state index contributed by atoms with van der Waals surface area (Å²) in [5.74, 6) is -0.574. The second kappa shape index (κ2) is 3.42. The quantitative estimate of drug-likeness (QED) is 0.607. The zero-order valence-electron chi connectivity index (χ0n) is 6.66. The fraction of sp³-hybridized carbons (Fsp3) is 1.00. The lowest BCUT2D eigenvalue weighted by molar-refractivity contribution is 0.359. The van der Waals surface area contributed by atoms with Crippen LogP contribution in [0.5, 0.6) is 0 Å². The summed E-state index contributed by atoms with van der Waals surface area (Å²) >= 11 is 0. The van der Waals surface area contributed by atoms with Gasteiger partial charge in [0, 0.05) is 6.42 Å². The molecule has 2 unspecified atom stereocenters. The number of rotatable bonds is 2. The van der Waals surface area contributed by atoms with Gasteiger partial charge in [0.2, 0.25) is 5.78 Å². The second-order valence-electron chi connectivity index (χ2n) is 3.63. The maximum atomic E-state index is 10.4. The van der Waals surface area contributed by atoms with Gasteiger partial charge >= 0.3 is 8.03 Å². The minimum Gasteiger partial charge on any atom is -0.285 e. The van der Waals surface area contributed by atoms with E-state index in [1.54, 1.807) is 0 Å². The van der Waals surface area contributed by atoms with Gasteiger partial charge in [0.15, 0.2) is 0 Å². The third-order valence-corrected chi connectivity index (χ3v) is 1.86. The van der Waals surface area contributed by atoms with Crippen LogP contribution in [0.1, 0.15) is 27.2 Å². The molecule has 0 amide bonds. The molecule has 0 rings (SSSR count). The van der Waals surface area contributed by atoms with Crippen molar-refractivity contribution in [1.82, 2.24) is 0 Å². The van der Waals surface area contributed by atoms with Gasteiger partial charge in [-0.15, -0.1) is 0 Å². The lowest BCUT2D eigenvalue weighted by atomic mass is 9.92. The Kier molecular flexibility index (Phi) is 3.43. The molecule has 0 heterocycles. The average molecular weight is 164 g/mol. The van der Waals surface area contributed by atoms with Gasteiger partial charge in [-0.05, 0) is 9.98 Å². The van der Waals surface area contributed by atoms with Gasteiger partial charge in [0.05, 0.1) is 0 Å². The van der Waals surface area contributed by atoms with Crippen molar-refractivity contribution >= 4 is 8.03 Å². The summed E-state index contributed by atoms with van der Waals surface area (Å²) in [6, 6.07) is 0. The Morgan fingerprint density at radius 2 is 2.00 bits per heavy atom. The molecule has 3 N–H and O–H groups in total. The van der Waals surface area contributed by atoms with Crippen molar-refractivity contribution in [2.24, 2.45) is 11.1 Å². The Hall–Kier alpha value is 0.0200. The van der Waals surface area contributed by atoms with E-state index in [1.807, 2.05) is 20.8 Å². The molecule has 60 valence electrons. The van der Waals surface area contributed by atoms with Crippen LogP contribution in [0.2, 0.25) is 0 Å². The monoisotopic (exact) mass is 164 g/mol. The highest BCUT2D eigenvalue weighted by atomic mass is 31.1. The topological polar surface area (TPSA) is 63.3 Å². The predicted molar refractivity (Wildman–Crippen MR) is 41.9 cm³/mol. The van der Waals surface area contributed by atoms with Gasteiger partial charge in [-0.2, -0.15) is 4.89 Å². The molecule has 0 radical (unpaired) electrons. The molecule has 0 aromatic carbocycles. The molecule has 0 aromatic rings. The first-order chi connectivity index (χ1) is 4.33. The molecule has 0 fully saturated rings. The minimum absolute atomic E-state index is 0.0349. The van der Waals surface area contributed by atoms with Crippen LogP contribution in [0.15, 0.2) is 0 Å². The minimum atomic E-state index is -2.20. The zero-order valence-corrected chi connectivity index (χ0v) is 7.56. The lowest BCUT2D eigenvalue weighted by Crippen LogP contribution is -2.22. The molecule has 0 saturated carbocycles. The summed E-state index contributed by atoms with van der Waals surface area (Å²) in [6.45, 7) is 5.98. The van der Waals surface area contributed by atoms with Crippen molar-refractivity contribution in [2.45, 2.75) is 33.0 Å². The molecule has 0 aliphatic carbocycles. The lowest BCUT2D eigenvalue weighted by Gasteiger charge is -2.16. The Morgan fingerprint density at radius 1 is 1.60 bits per heavy atom. The van der Waals surface area contributed by atoms with Crippen molar-refractivity contribution in [3.63, 3.8) is 0 Å². The van der Waals surface area contributed by atoms with Crippen LogP contribution < -0.4 is 5.73 Å². The molecular formula is C6H15NO2P+. The van der Waals surface area contributed by atoms with Crippen LogP contribution in [0.3, 0.4) is 0 Å². The Bertz CT molecular complexity index is 130. The van der Waals surface area contributed by atoms with E-state index in [4.69, 9.17) is 10.6 Å². The highest BCUT2D eigenvalue weighted by molar-refractivity contribution is 7.38. The van der Waals surface area contributed by atoms with Gasteiger partial charge < -0.3 is 0 Å². The third-order valence-electron chi connectivity index (χ3n) is 1.11. The first-order valence-electron chi connectivity index (χ1n) is 3.24. The van der Waals surface area contributed by atoms with E-state index >= 15 is 0 Å². The van der Waals surface area contributed by atoms with Gasteiger partial charge in [0.25, 0.3) is 0 Å². The van der Waals surface area contributed by atoms with Gasteiger partial charge in [-0.25, -0.2) is 0 Å². The molecule has 0 saturated heterocycles. The van der Waals surface area contributed by atoms with Crippen LogP contribution in [0.25, 0.3) is 0 Å². The maximum absolute atomic E-state index is 10.4. The average Bonchev–Trinajstić information content (AvgIpc) is 1.60. The van der Waals surface area contributed by atoms with Crippen molar-refractivity contribution in [3.05, 3.63) is 0 Å². The van der Waals surface area contributed by atoms with E-state index in [1.165, 1.54) is 0 Å². The highest BCUT2D eigenvalue weighted by Gasteiger charge is 2.29. The van der Waals surface area contributed by atoms with Gasteiger partial charge in [0.1, 0.15) is 0 Å². The highest BCUT2D eigenvalue weighted by Crippen LogP contribution is 2.29. The zero-order chi connectivity index (χ0) is 8.36. The van der Waals surface area contributed by atoms with E-state index in [-0.39, 0.29) is 5.41 Å². The van der Waals surface area contributed by atoms with Gasteiger partial charge in [-0.3, -0.25) is 5.73 Å². The molecule has 10 heavy (non-hydrogen) atoms. The van der Waals surface area contributed by atoms with E-state index in [0.717, 1.165) is 0 Å². The van der Waals surface area contributed by atoms with Crippen LogP contribution in [0.4, 0.5) is 0 Å². The SMILES string of the molecule is CC(C)(C)CC(N)[P+](=O)O. The summed E-state index contributed by atoms with van der Waals surface area (Å²) in [5.41, 5.74) is 5.40. The molecule has 0 spiro atoms. The normalized spacial score (nSPS) is 16.7. The molecule has 4 heteroatoms. The largest absolute Gasteiger partial charge is 0.524 e. The molecule has 3 nitrogen and oxygen atoms in total. The van der Waals surface area contributed by atoms with Crippen molar-refractivity contribution in [2.75, 3.05) is 0 Å².